The monoisotopic (exact) mass is 373 g/mol. The molecule has 2 aromatic carbocycles. The highest BCUT2D eigenvalue weighted by molar-refractivity contribution is 9.10. The molecule has 2 aromatic rings. The van der Waals surface area contributed by atoms with E-state index >= 15 is 0 Å². The molecular formula is C20H24BrNO. The van der Waals surface area contributed by atoms with Gasteiger partial charge < -0.3 is 10.1 Å². The van der Waals surface area contributed by atoms with Crippen LogP contribution >= 0.6 is 15.9 Å². The van der Waals surface area contributed by atoms with Gasteiger partial charge in [-0.1, -0.05) is 36.4 Å². The summed E-state index contributed by atoms with van der Waals surface area (Å²) in [6, 6.07) is 14.8. The molecule has 3 heteroatoms. The van der Waals surface area contributed by atoms with Crippen molar-refractivity contribution in [2.45, 2.75) is 32.8 Å². The van der Waals surface area contributed by atoms with Crippen LogP contribution in [0.1, 0.15) is 29.5 Å². The van der Waals surface area contributed by atoms with Gasteiger partial charge in [-0.05, 0) is 83.9 Å². The molecule has 0 bridgehead atoms. The largest absolute Gasteiger partial charge is 0.487 e. The van der Waals surface area contributed by atoms with Crippen LogP contribution in [-0.2, 0) is 13.0 Å². The minimum atomic E-state index is 0.603. The van der Waals surface area contributed by atoms with Gasteiger partial charge in [0.15, 0.2) is 0 Å². The van der Waals surface area contributed by atoms with Gasteiger partial charge in [0.05, 0.1) is 4.47 Å². The van der Waals surface area contributed by atoms with Gasteiger partial charge in [0.2, 0.25) is 0 Å². The van der Waals surface area contributed by atoms with Gasteiger partial charge in [-0.25, -0.2) is 0 Å². The number of piperidine rings is 1. The van der Waals surface area contributed by atoms with Crippen molar-refractivity contribution in [3.63, 3.8) is 0 Å². The van der Waals surface area contributed by atoms with Crippen LogP contribution in [0.15, 0.2) is 46.9 Å². The third-order valence-corrected chi connectivity index (χ3v) is 5.03. The smallest absolute Gasteiger partial charge is 0.136 e. The molecule has 0 saturated carbocycles. The van der Waals surface area contributed by atoms with Crippen molar-refractivity contribution in [3.05, 3.63) is 63.6 Å². The average molecular weight is 374 g/mol. The van der Waals surface area contributed by atoms with Crippen LogP contribution in [-0.4, -0.2) is 13.1 Å². The zero-order valence-corrected chi connectivity index (χ0v) is 15.2. The van der Waals surface area contributed by atoms with Crippen LogP contribution in [0.4, 0.5) is 0 Å². The van der Waals surface area contributed by atoms with Crippen LogP contribution in [0, 0.1) is 12.8 Å². The van der Waals surface area contributed by atoms with E-state index in [1.54, 1.807) is 0 Å². The topological polar surface area (TPSA) is 21.3 Å². The Morgan fingerprint density at radius 2 is 2.00 bits per heavy atom. The molecule has 1 unspecified atom stereocenters. The van der Waals surface area contributed by atoms with Gasteiger partial charge in [-0.15, -0.1) is 0 Å². The number of ether oxygens (including phenoxy) is 1. The minimum Gasteiger partial charge on any atom is -0.487 e. The van der Waals surface area contributed by atoms with E-state index in [2.05, 4.69) is 52.4 Å². The van der Waals surface area contributed by atoms with E-state index in [0.29, 0.717) is 6.61 Å². The van der Waals surface area contributed by atoms with E-state index in [4.69, 9.17) is 4.74 Å². The van der Waals surface area contributed by atoms with E-state index in [1.165, 1.54) is 36.1 Å². The van der Waals surface area contributed by atoms with E-state index in [1.807, 2.05) is 18.2 Å². The molecule has 0 aliphatic carbocycles. The van der Waals surface area contributed by atoms with Crippen molar-refractivity contribution < 1.29 is 4.74 Å². The number of hydrogen-bond acceptors (Lipinski definition) is 2. The summed E-state index contributed by atoms with van der Waals surface area (Å²) >= 11 is 3.70. The molecule has 1 saturated heterocycles. The summed E-state index contributed by atoms with van der Waals surface area (Å²) in [7, 11) is 0. The first-order chi connectivity index (χ1) is 11.2. The number of benzene rings is 2. The summed E-state index contributed by atoms with van der Waals surface area (Å²) in [4.78, 5) is 0. The van der Waals surface area contributed by atoms with Gasteiger partial charge in [0.1, 0.15) is 12.4 Å². The predicted molar refractivity (Wildman–Crippen MR) is 99.0 cm³/mol. The number of rotatable bonds is 5. The third kappa shape index (κ3) is 4.58. The molecule has 1 fully saturated rings. The SMILES string of the molecule is Cc1cc(CC2CCCNC2)cc(Br)c1OCc1ccccc1. The van der Waals surface area contributed by atoms with E-state index in [9.17, 15) is 0 Å². The molecule has 1 aliphatic heterocycles. The van der Waals surface area contributed by atoms with Crippen molar-refractivity contribution >= 4 is 15.9 Å². The molecule has 0 radical (unpaired) electrons. The summed E-state index contributed by atoms with van der Waals surface area (Å²) in [5, 5.41) is 3.50. The highest BCUT2D eigenvalue weighted by atomic mass is 79.9. The Balaban J connectivity index is 1.67. The lowest BCUT2D eigenvalue weighted by molar-refractivity contribution is 0.302. The number of nitrogens with one attached hydrogen (secondary N) is 1. The second-order valence-electron chi connectivity index (χ2n) is 6.41. The summed E-state index contributed by atoms with van der Waals surface area (Å²) in [6.07, 6.45) is 3.77. The zero-order valence-electron chi connectivity index (χ0n) is 13.6. The lowest BCUT2D eigenvalue weighted by Crippen LogP contribution is -2.30. The Morgan fingerprint density at radius 3 is 2.70 bits per heavy atom. The molecule has 1 N–H and O–H groups in total. The molecule has 0 spiro atoms. The third-order valence-electron chi connectivity index (χ3n) is 4.44. The second-order valence-corrected chi connectivity index (χ2v) is 7.27. The average Bonchev–Trinajstić information content (AvgIpc) is 2.56. The fraction of sp³-hybridized carbons (Fsp3) is 0.400. The first-order valence-corrected chi connectivity index (χ1v) is 9.18. The normalized spacial score (nSPS) is 17.9. The molecular weight excluding hydrogens is 350 g/mol. The molecule has 0 aromatic heterocycles. The van der Waals surface area contributed by atoms with Crippen molar-refractivity contribution in [2.24, 2.45) is 5.92 Å². The van der Waals surface area contributed by atoms with Gasteiger partial charge >= 0.3 is 0 Å². The van der Waals surface area contributed by atoms with Gasteiger partial charge in [-0.3, -0.25) is 0 Å². The maximum absolute atomic E-state index is 6.04. The maximum Gasteiger partial charge on any atom is 0.136 e. The highest BCUT2D eigenvalue weighted by Crippen LogP contribution is 2.32. The van der Waals surface area contributed by atoms with E-state index in [-0.39, 0.29) is 0 Å². The summed E-state index contributed by atoms with van der Waals surface area (Å²) < 4.78 is 7.10. The highest BCUT2D eigenvalue weighted by Gasteiger charge is 2.15. The second kappa shape index (κ2) is 7.98. The summed E-state index contributed by atoms with van der Waals surface area (Å²) in [6.45, 7) is 5.05. The fourth-order valence-electron chi connectivity index (χ4n) is 3.26. The minimum absolute atomic E-state index is 0.603. The molecule has 1 heterocycles. The van der Waals surface area contributed by atoms with Gasteiger partial charge in [-0.2, -0.15) is 0 Å². The quantitative estimate of drug-likeness (QED) is 0.806. The standard InChI is InChI=1S/C20H24BrNO/c1-15-10-18(11-17-8-5-9-22-13-17)12-19(21)20(15)23-14-16-6-3-2-4-7-16/h2-4,6-7,10,12,17,22H,5,8-9,11,13-14H2,1H3. The van der Waals surface area contributed by atoms with Crippen LogP contribution in [0.25, 0.3) is 0 Å². The molecule has 1 atom stereocenters. The number of halogens is 1. The Morgan fingerprint density at radius 1 is 1.17 bits per heavy atom. The van der Waals surface area contributed by atoms with E-state index < -0.39 is 0 Å². The molecule has 1 aliphatic rings. The van der Waals surface area contributed by atoms with Crippen LogP contribution in [0.2, 0.25) is 0 Å². The van der Waals surface area contributed by atoms with Crippen LogP contribution < -0.4 is 10.1 Å². The molecule has 122 valence electrons. The van der Waals surface area contributed by atoms with Gasteiger partial charge in [0, 0.05) is 0 Å². The van der Waals surface area contributed by atoms with Crippen LogP contribution in [0.5, 0.6) is 5.75 Å². The summed E-state index contributed by atoms with van der Waals surface area (Å²) in [5.41, 5.74) is 3.79. The molecule has 23 heavy (non-hydrogen) atoms. The number of hydrogen-bond donors (Lipinski definition) is 1. The maximum atomic E-state index is 6.04. The first kappa shape index (κ1) is 16.5. The Hall–Kier alpha value is -1.32. The van der Waals surface area contributed by atoms with Crippen molar-refractivity contribution in [1.82, 2.24) is 5.32 Å². The van der Waals surface area contributed by atoms with E-state index in [0.717, 1.165) is 29.1 Å². The molecule has 2 nitrogen and oxygen atoms in total. The molecule has 3 rings (SSSR count). The van der Waals surface area contributed by atoms with Crippen molar-refractivity contribution in [2.75, 3.05) is 13.1 Å². The van der Waals surface area contributed by atoms with Crippen molar-refractivity contribution in [1.29, 1.82) is 0 Å². The fourth-order valence-corrected chi connectivity index (χ4v) is 3.99. The number of aryl methyl sites for hydroxylation is 1. The Kier molecular flexibility index (Phi) is 5.74. The summed E-state index contributed by atoms with van der Waals surface area (Å²) in [5.74, 6) is 1.71. The predicted octanol–water partition coefficient (Wildman–Crippen LogP) is 4.88. The Bertz CT molecular complexity index is 612. The molecule has 0 amide bonds. The van der Waals surface area contributed by atoms with Gasteiger partial charge in [0.25, 0.3) is 0 Å². The lowest BCUT2D eigenvalue weighted by atomic mass is 9.92. The van der Waals surface area contributed by atoms with Crippen LogP contribution in [0.3, 0.4) is 0 Å². The first-order valence-electron chi connectivity index (χ1n) is 8.39. The lowest BCUT2D eigenvalue weighted by Gasteiger charge is -2.23. The Labute approximate surface area is 147 Å². The zero-order chi connectivity index (χ0) is 16.1. The van der Waals surface area contributed by atoms with Crippen molar-refractivity contribution in [3.8, 4) is 5.75 Å².